The Morgan fingerprint density at radius 3 is 2.13 bits per heavy atom. The fraction of sp³-hybridized carbons (Fsp3) is 0.263. The van der Waals surface area contributed by atoms with Crippen molar-refractivity contribution in [2.24, 2.45) is 0 Å². The lowest BCUT2D eigenvalue weighted by molar-refractivity contribution is -0.159. The molecule has 0 fully saturated rings. The summed E-state index contributed by atoms with van der Waals surface area (Å²) in [6.45, 7) is 14.1. The van der Waals surface area contributed by atoms with E-state index in [4.69, 9.17) is 0 Å². The topological polar surface area (TPSA) is 0 Å². The van der Waals surface area contributed by atoms with Crippen molar-refractivity contribution in [1.82, 2.24) is 0 Å². The van der Waals surface area contributed by atoms with Gasteiger partial charge in [-0.2, -0.15) is 17.6 Å². The molecule has 0 aromatic rings. The monoisotopic (exact) mass is 324 g/mol. The van der Waals surface area contributed by atoms with Crippen molar-refractivity contribution in [2.75, 3.05) is 0 Å². The zero-order chi connectivity index (χ0) is 17.8. The fourth-order valence-electron chi connectivity index (χ4n) is 1.94. The summed E-state index contributed by atoms with van der Waals surface area (Å²) >= 11 is 0. The van der Waals surface area contributed by atoms with E-state index in [0.29, 0.717) is 5.57 Å². The van der Waals surface area contributed by atoms with E-state index in [1.165, 1.54) is 12.2 Å². The quantitative estimate of drug-likeness (QED) is 0.291. The highest BCUT2D eigenvalue weighted by molar-refractivity contribution is 5.48. The van der Waals surface area contributed by atoms with Crippen molar-refractivity contribution in [3.8, 4) is 0 Å². The van der Waals surface area contributed by atoms with E-state index >= 15 is 0 Å². The highest BCUT2D eigenvalue weighted by atomic mass is 19.3. The van der Waals surface area contributed by atoms with Gasteiger partial charge in [0.1, 0.15) is 0 Å². The summed E-state index contributed by atoms with van der Waals surface area (Å²) in [6, 6.07) is 0. The Morgan fingerprint density at radius 2 is 1.65 bits per heavy atom. The molecule has 0 atom stereocenters. The van der Waals surface area contributed by atoms with Crippen molar-refractivity contribution in [1.29, 1.82) is 0 Å². The van der Waals surface area contributed by atoms with E-state index in [1.54, 1.807) is 0 Å². The Labute approximate surface area is 134 Å². The summed E-state index contributed by atoms with van der Waals surface area (Å²) in [7, 11) is 0. The molecule has 0 nitrogen and oxygen atoms in total. The maximum Gasteiger partial charge on any atom is 0.339 e. The van der Waals surface area contributed by atoms with Crippen LogP contribution in [0.1, 0.15) is 19.8 Å². The minimum atomic E-state index is -4.45. The molecule has 0 saturated carbocycles. The standard InChI is InChI=1S/C19H20F4/c1-13(2)18(20,21)19(22,23)16(5)14(3)11-12-15(4)17-9-7-6-8-10-17/h6-7,9,11-12H,1,3-5,8,10H2,2H3/b12-11-. The van der Waals surface area contributed by atoms with Gasteiger partial charge in [-0.3, -0.25) is 0 Å². The Kier molecular flexibility index (Phi) is 5.75. The van der Waals surface area contributed by atoms with Crippen molar-refractivity contribution >= 4 is 0 Å². The maximum absolute atomic E-state index is 13.9. The summed E-state index contributed by atoms with van der Waals surface area (Å²) in [5, 5.41) is 0. The highest BCUT2D eigenvalue weighted by Gasteiger charge is 2.58. The lowest BCUT2D eigenvalue weighted by Gasteiger charge is -2.28. The number of halogens is 4. The van der Waals surface area contributed by atoms with Crippen LogP contribution in [0.15, 0.2) is 84.6 Å². The molecule has 23 heavy (non-hydrogen) atoms. The fourth-order valence-corrected chi connectivity index (χ4v) is 1.94. The second kappa shape index (κ2) is 6.99. The number of hydrogen-bond acceptors (Lipinski definition) is 0. The van der Waals surface area contributed by atoms with Crippen LogP contribution in [-0.4, -0.2) is 11.8 Å². The molecule has 4 heteroatoms. The third-order valence-electron chi connectivity index (χ3n) is 3.61. The molecule has 1 rings (SSSR count). The van der Waals surface area contributed by atoms with Gasteiger partial charge in [-0.05, 0) is 42.1 Å². The summed E-state index contributed by atoms with van der Waals surface area (Å²) in [6.07, 6.45) is 10.1. The summed E-state index contributed by atoms with van der Waals surface area (Å²) < 4.78 is 55.1. The van der Waals surface area contributed by atoms with Gasteiger partial charge in [0.2, 0.25) is 0 Å². The molecular formula is C19H20F4. The van der Waals surface area contributed by atoms with Crippen LogP contribution in [0.5, 0.6) is 0 Å². The van der Waals surface area contributed by atoms with Crippen LogP contribution in [0, 0.1) is 0 Å². The maximum atomic E-state index is 13.9. The molecule has 0 aliphatic heterocycles. The molecule has 0 spiro atoms. The molecule has 1 aliphatic carbocycles. The minimum Gasteiger partial charge on any atom is -0.194 e. The van der Waals surface area contributed by atoms with Gasteiger partial charge in [0.25, 0.3) is 0 Å². The average Bonchev–Trinajstić information content (AvgIpc) is 2.51. The molecule has 0 radical (unpaired) electrons. The first-order valence-electron chi connectivity index (χ1n) is 7.05. The van der Waals surface area contributed by atoms with Crippen molar-refractivity contribution in [3.63, 3.8) is 0 Å². The van der Waals surface area contributed by atoms with E-state index in [1.807, 2.05) is 18.2 Å². The summed E-state index contributed by atoms with van der Waals surface area (Å²) in [4.78, 5) is 0. The van der Waals surface area contributed by atoms with Crippen molar-refractivity contribution in [2.45, 2.75) is 31.6 Å². The first kappa shape index (κ1) is 18.9. The third-order valence-corrected chi connectivity index (χ3v) is 3.61. The number of hydrogen-bond donors (Lipinski definition) is 0. The average molecular weight is 324 g/mol. The molecule has 0 saturated heterocycles. The van der Waals surface area contributed by atoms with Crippen LogP contribution in [0.25, 0.3) is 0 Å². The normalized spacial score (nSPS) is 15.4. The molecule has 0 amide bonds. The van der Waals surface area contributed by atoms with Gasteiger partial charge in [-0.25, -0.2) is 0 Å². The van der Waals surface area contributed by atoms with Crippen LogP contribution in [0.4, 0.5) is 17.6 Å². The largest absolute Gasteiger partial charge is 0.339 e. The van der Waals surface area contributed by atoms with Crippen LogP contribution in [-0.2, 0) is 0 Å². The van der Waals surface area contributed by atoms with Gasteiger partial charge in [0.05, 0.1) is 0 Å². The predicted molar refractivity (Wildman–Crippen MR) is 87.7 cm³/mol. The Balaban J connectivity index is 2.89. The molecule has 0 bridgehead atoms. The van der Waals surface area contributed by atoms with E-state index in [2.05, 4.69) is 26.3 Å². The van der Waals surface area contributed by atoms with E-state index < -0.39 is 23.0 Å². The Bertz CT molecular complexity index is 628. The zero-order valence-corrected chi connectivity index (χ0v) is 13.1. The van der Waals surface area contributed by atoms with E-state index in [9.17, 15) is 17.6 Å². The van der Waals surface area contributed by atoms with E-state index in [-0.39, 0.29) is 5.57 Å². The second-order valence-corrected chi connectivity index (χ2v) is 5.45. The van der Waals surface area contributed by atoms with Gasteiger partial charge in [-0.1, -0.05) is 56.7 Å². The molecular weight excluding hydrogens is 304 g/mol. The van der Waals surface area contributed by atoms with Crippen LogP contribution >= 0.6 is 0 Å². The van der Waals surface area contributed by atoms with Gasteiger partial charge in [0, 0.05) is 5.57 Å². The van der Waals surface area contributed by atoms with Crippen molar-refractivity contribution in [3.05, 3.63) is 84.6 Å². The van der Waals surface area contributed by atoms with E-state index in [0.717, 1.165) is 25.3 Å². The summed E-state index contributed by atoms with van der Waals surface area (Å²) in [5.74, 6) is -8.83. The predicted octanol–water partition coefficient (Wildman–Crippen LogP) is 6.33. The summed E-state index contributed by atoms with van der Waals surface area (Å²) in [5.41, 5.74) is -0.653. The van der Waals surface area contributed by atoms with Crippen LogP contribution in [0.2, 0.25) is 0 Å². The van der Waals surface area contributed by atoms with Gasteiger partial charge in [0.15, 0.2) is 0 Å². The molecule has 0 N–H and O–H groups in total. The SMILES string of the molecule is C=C(/C=C\C(=C)C1=CC=CCC1)C(=C)C(F)(F)C(F)(F)C(=C)C. The molecule has 0 aromatic carbocycles. The lowest BCUT2D eigenvalue weighted by Crippen LogP contribution is -2.42. The van der Waals surface area contributed by atoms with Gasteiger partial charge < -0.3 is 0 Å². The highest BCUT2D eigenvalue weighted by Crippen LogP contribution is 2.45. The molecule has 1 aliphatic rings. The number of allylic oxidation sites excluding steroid dienone is 10. The van der Waals surface area contributed by atoms with Gasteiger partial charge >= 0.3 is 11.8 Å². The van der Waals surface area contributed by atoms with Gasteiger partial charge in [-0.15, -0.1) is 0 Å². The van der Waals surface area contributed by atoms with Crippen LogP contribution < -0.4 is 0 Å². The molecule has 0 heterocycles. The first-order valence-corrected chi connectivity index (χ1v) is 7.05. The molecule has 124 valence electrons. The Morgan fingerprint density at radius 1 is 1.04 bits per heavy atom. The Hall–Kier alpha value is -2.10. The number of alkyl halides is 4. The third kappa shape index (κ3) is 4.01. The van der Waals surface area contributed by atoms with Crippen LogP contribution in [0.3, 0.4) is 0 Å². The molecule has 0 unspecified atom stereocenters. The minimum absolute atomic E-state index is 0.274. The second-order valence-electron chi connectivity index (χ2n) is 5.45. The smallest absolute Gasteiger partial charge is 0.194 e. The molecule has 0 aromatic heterocycles. The first-order chi connectivity index (χ1) is 10.5. The lowest BCUT2D eigenvalue weighted by atomic mass is 9.92. The number of rotatable bonds is 7. The van der Waals surface area contributed by atoms with Crippen molar-refractivity contribution < 1.29 is 17.6 Å². The zero-order valence-electron chi connectivity index (χ0n) is 13.1.